The van der Waals surface area contributed by atoms with E-state index in [1.165, 1.54) is 0 Å². The minimum absolute atomic E-state index is 0.597. The Kier molecular flexibility index (Phi) is 4.76. The predicted octanol–water partition coefficient (Wildman–Crippen LogP) is 5.30. The Hall–Kier alpha value is -1.75. The summed E-state index contributed by atoms with van der Waals surface area (Å²) < 4.78 is 5.17. The quantitative estimate of drug-likeness (QED) is 0.639. The monoisotopic (exact) mass is 364 g/mol. The van der Waals surface area contributed by atoms with E-state index in [9.17, 15) is 0 Å². The second kappa shape index (κ2) is 6.79. The Bertz CT molecular complexity index is 848. The zero-order valence-corrected chi connectivity index (χ0v) is 14.7. The molecule has 0 aliphatic carbocycles. The third-order valence-corrected chi connectivity index (χ3v) is 4.87. The van der Waals surface area contributed by atoms with Gasteiger partial charge in [-0.05, 0) is 35.9 Å². The van der Waals surface area contributed by atoms with Crippen LogP contribution in [0, 0.1) is 0 Å². The number of benzene rings is 2. The highest BCUT2D eigenvalue weighted by Crippen LogP contribution is 2.30. The van der Waals surface area contributed by atoms with Gasteiger partial charge in [-0.3, -0.25) is 0 Å². The number of thiazole rings is 1. The average Bonchev–Trinajstić information content (AvgIpc) is 2.98. The third-order valence-electron chi connectivity index (χ3n) is 3.43. The number of methoxy groups -OCH3 is 1. The van der Waals surface area contributed by atoms with Crippen LogP contribution in [0.15, 0.2) is 41.8 Å². The van der Waals surface area contributed by atoms with Crippen LogP contribution in [0.2, 0.25) is 10.0 Å². The zero-order valence-electron chi connectivity index (χ0n) is 12.3. The van der Waals surface area contributed by atoms with Crippen LogP contribution < -0.4 is 10.5 Å². The van der Waals surface area contributed by atoms with E-state index in [4.69, 9.17) is 33.7 Å². The number of hydrogen-bond donors (Lipinski definition) is 1. The van der Waals surface area contributed by atoms with Crippen molar-refractivity contribution in [3.8, 4) is 17.0 Å². The average molecular weight is 365 g/mol. The van der Waals surface area contributed by atoms with Gasteiger partial charge in [-0.1, -0.05) is 29.3 Å². The van der Waals surface area contributed by atoms with Crippen molar-refractivity contribution in [3.05, 3.63) is 62.4 Å². The molecule has 2 N–H and O–H groups in total. The van der Waals surface area contributed by atoms with E-state index >= 15 is 0 Å². The van der Waals surface area contributed by atoms with Gasteiger partial charge in [0.2, 0.25) is 0 Å². The van der Waals surface area contributed by atoms with Gasteiger partial charge < -0.3 is 10.5 Å². The Morgan fingerprint density at radius 3 is 2.70 bits per heavy atom. The summed E-state index contributed by atoms with van der Waals surface area (Å²) in [7, 11) is 1.60. The van der Waals surface area contributed by atoms with Crippen LogP contribution in [0.3, 0.4) is 0 Å². The molecule has 0 aliphatic heterocycles. The molecule has 0 unspecified atom stereocenters. The van der Waals surface area contributed by atoms with Crippen LogP contribution >= 0.6 is 34.5 Å². The van der Waals surface area contributed by atoms with Crippen molar-refractivity contribution in [1.82, 2.24) is 4.98 Å². The molecule has 6 heteroatoms. The molecule has 0 amide bonds. The van der Waals surface area contributed by atoms with Crippen LogP contribution in [0.5, 0.6) is 5.75 Å². The fourth-order valence-corrected chi connectivity index (χ4v) is 3.55. The van der Waals surface area contributed by atoms with E-state index in [0.29, 0.717) is 27.9 Å². The van der Waals surface area contributed by atoms with Crippen LogP contribution in [0.25, 0.3) is 11.3 Å². The molecule has 0 bridgehead atoms. The molecule has 3 aromatic rings. The summed E-state index contributed by atoms with van der Waals surface area (Å²) in [4.78, 5) is 4.67. The molecule has 3 rings (SSSR count). The predicted molar refractivity (Wildman–Crippen MR) is 97.8 cm³/mol. The van der Waals surface area contributed by atoms with E-state index < -0.39 is 0 Å². The van der Waals surface area contributed by atoms with E-state index in [0.717, 1.165) is 21.8 Å². The number of nitrogens with two attached hydrogens (primary N) is 1. The summed E-state index contributed by atoms with van der Waals surface area (Å²) in [5.41, 5.74) is 9.42. The second-order valence-electron chi connectivity index (χ2n) is 5.00. The fourth-order valence-electron chi connectivity index (χ4n) is 2.25. The van der Waals surface area contributed by atoms with Gasteiger partial charge in [0.15, 0.2) is 0 Å². The second-order valence-corrected chi connectivity index (χ2v) is 6.78. The number of nitrogens with zero attached hydrogens (tertiary/aromatic N) is 1. The van der Waals surface area contributed by atoms with Crippen molar-refractivity contribution in [2.45, 2.75) is 6.42 Å². The first kappa shape index (κ1) is 16.1. The van der Waals surface area contributed by atoms with Crippen molar-refractivity contribution in [2.24, 2.45) is 0 Å². The molecule has 118 valence electrons. The van der Waals surface area contributed by atoms with Gasteiger partial charge in [-0.25, -0.2) is 4.98 Å². The van der Waals surface area contributed by atoms with Crippen molar-refractivity contribution in [3.63, 3.8) is 0 Å². The van der Waals surface area contributed by atoms with Crippen molar-refractivity contribution >= 4 is 40.2 Å². The highest BCUT2D eigenvalue weighted by Gasteiger charge is 2.09. The lowest BCUT2D eigenvalue weighted by atomic mass is 10.1. The summed E-state index contributed by atoms with van der Waals surface area (Å²) in [6.07, 6.45) is 0.673. The number of nitrogen functional groups attached to an aromatic ring is 1. The van der Waals surface area contributed by atoms with Crippen molar-refractivity contribution < 1.29 is 4.74 Å². The van der Waals surface area contributed by atoms with E-state index in [-0.39, 0.29) is 0 Å². The Morgan fingerprint density at radius 2 is 2.00 bits per heavy atom. The third kappa shape index (κ3) is 3.61. The summed E-state index contributed by atoms with van der Waals surface area (Å²) in [5, 5.41) is 4.29. The minimum atomic E-state index is 0.597. The van der Waals surface area contributed by atoms with Gasteiger partial charge in [0.1, 0.15) is 5.75 Å². The van der Waals surface area contributed by atoms with E-state index in [1.54, 1.807) is 24.5 Å². The van der Waals surface area contributed by atoms with Crippen molar-refractivity contribution in [2.75, 3.05) is 12.8 Å². The van der Waals surface area contributed by atoms with Crippen LogP contribution in [-0.2, 0) is 6.42 Å². The van der Waals surface area contributed by atoms with Gasteiger partial charge >= 0.3 is 0 Å². The van der Waals surface area contributed by atoms with E-state index in [2.05, 4.69) is 4.98 Å². The van der Waals surface area contributed by atoms with Crippen LogP contribution in [0.4, 0.5) is 5.69 Å². The number of anilines is 1. The molecular weight excluding hydrogens is 351 g/mol. The van der Waals surface area contributed by atoms with Crippen LogP contribution in [-0.4, -0.2) is 12.1 Å². The Morgan fingerprint density at radius 1 is 1.17 bits per heavy atom. The molecule has 2 aromatic carbocycles. The van der Waals surface area contributed by atoms with Crippen molar-refractivity contribution in [1.29, 1.82) is 0 Å². The largest absolute Gasteiger partial charge is 0.495 e. The number of halogens is 2. The maximum atomic E-state index is 6.22. The highest BCUT2D eigenvalue weighted by atomic mass is 35.5. The molecular formula is C17H14Cl2N2OS. The Labute approximate surface area is 148 Å². The fraction of sp³-hybridized carbons (Fsp3) is 0.118. The smallest absolute Gasteiger partial charge is 0.141 e. The molecule has 0 saturated carbocycles. The maximum absolute atomic E-state index is 6.22. The number of aromatic nitrogens is 1. The van der Waals surface area contributed by atoms with Gasteiger partial charge in [0.25, 0.3) is 0 Å². The first-order chi connectivity index (χ1) is 11.1. The molecule has 0 spiro atoms. The van der Waals surface area contributed by atoms with Gasteiger partial charge in [0, 0.05) is 27.4 Å². The normalized spacial score (nSPS) is 10.7. The number of ether oxygens (including phenoxy) is 1. The summed E-state index contributed by atoms with van der Waals surface area (Å²) >= 11 is 13.7. The minimum Gasteiger partial charge on any atom is -0.495 e. The first-order valence-electron chi connectivity index (χ1n) is 6.89. The standard InChI is InChI=1S/C17H14Cl2N2OS/c1-22-16-5-3-11(6-14(16)20)15-9-23-17(21-15)7-10-2-4-12(18)8-13(10)19/h2-6,8-9H,7,20H2,1H3. The topological polar surface area (TPSA) is 48.1 Å². The lowest BCUT2D eigenvalue weighted by Gasteiger charge is -2.05. The molecule has 23 heavy (non-hydrogen) atoms. The van der Waals surface area contributed by atoms with E-state index in [1.807, 2.05) is 35.7 Å². The zero-order chi connectivity index (χ0) is 16.4. The summed E-state index contributed by atoms with van der Waals surface area (Å²) in [5.74, 6) is 0.664. The lowest BCUT2D eigenvalue weighted by molar-refractivity contribution is 0.417. The SMILES string of the molecule is COc1ccc(-c2csc(Cc3ccc(Cl)cc3Cl)n2)cc1N. The molecule has 0 atom stereocenters. The molecule has 0 aliphatic rings. The van der Waals surface area contributed by atoms with Gasteiger partial charge in [0.05, 0.1) is 23.5 Å². The molecule has 0 radical (unpaired) electrons. The number of hydrogen-bond acceptors (Lipinski definition) is 4. The lowest BCUT2D eigenvalue weighted by Crippen LogP contribution is -1.93. The Balaban J connectivity index is 1.84. The molecule has 1 heterocycles. The number of rotatable bonds is 4. The summed E-state index contributed by atoms with van der Waals surface area (Å²) in [6.45, 7) is 0. The van der Waals surface area contributed by atoms with Crippen LogP contribution in [0.1, 0.15) is 10.6 Å². The highest BCUT2D eigenvalue weighted by molar-refractivity contribution is 7.10. The van der Waals surface area contributed by atoms with Gasteiger partial charge in [-0.2, -0.15) is 0 Å². The molecule has 0 fully saturated rings. The molecule has 1 aromatic heterocycles. The first-order valence-corrected chi connectivity index (χ1v) is 8.52. The van der Waals surface area contributed by atoms with Gasteiger partial charge in [-0.15, -0.1) is 11.3 Å². The maximum Gasteiger partial charge on any atom is 0.141 e. The molecule has 3 nitrogen and oxygen atoms in total. The summed E-state index contributed by atoms with van der Waals surface area (Å²) in [6, 6.07) is 11.2. The molecule has 0 saturated heterocycles.